The second-order valence-electron chi connectivity index (χ2n) is 6.14. The molecule has 126 valence electrons. The van der Waals surface area contributed by atoms with Crippen LogP contribution in [0.3, 0.4) is 0 Å². The fraction of sp³-hybridized carbons (Fsp3) is 0.263. The van der Waals surface area contributed by atoms with Gasteiger partial charge in [-0.05, 0) is 0 Å². The Morgan fingerprint density at radius 1 is 1.08 bits per heavy atom. The first kappa shape index (κ1) is 17.4. The zero-order valence-corrected chi connectivity index (χ0v) is 16.4. The average Bonchev–Trinajstić information content (AvgIpc) is 2.96. The minimum atomic E-state index is -3.40. The molecule has 0 aliphatic carbocycles. The molecule has 0 saturated carbocycles. The van der Waals surface area contributed by atoms with Crippen LogP contribution in [0.4, 0.5) is 0 Å². The summed E-state index contributed by atoms with van der Waals surface area (Å²) in [7, 11) is -3.40. The second-order valence-corrected chi connectivity index (χ2v) is 10.1. The van der Waals surface area contributed by atoms with Crippen LogP contribution in [0.15, 0.2) is 70.0 Å². The first-order valence-electron chi connectivity index (χ1n) is 7.94. The van der Waals surface area contributed by atoms with Gasteiger partial charge in [0.1, 0.15) is 0 Å². The zero-order chi connectivity index (χ0) is 17.2. The molecule has 5 heteroatoms. The molecule has 0 N–H and O–H groups in total. The third-order valence-electron chi connectivity index (χ3n) is 4.22. The van der Waals surface area contributed by atoms with Gasteiger partial charge in [-0.3, -0.25) is 0 Å². The number of hydrogen-bond donors (Lipinski definition) is 0. The first-order valence-corrected chi connectivity index (χ1v) is 11.2. The number of sulfonamides is 1. The molecule has 2 aromatic carbocycles. The number of nitrogens with zero attached hydrogens (tertiary/aromatic N) is 1. The van der Waals surface area contributed by atoms with Crippen LogP contribution in [-0.2, 0) is 10.0 Å². The van der Waals surface area contributed by atoms with Crippen LogP contribution < -0.4 is 4.46 Å². The van der Waals surface area contributed by atoms with Crippen LogP contribution in [-0.4, -0.2) is 40.8 Å². The maximum atomic E-state index is 12.8. The van der Waals surface area contributed by atoms with E-state index >= 15 is 0 Å². The van der Waals surface area contributed by atoms with E-state index in [-0.39, 0.29) is 20.9 Å². The van der Waals surface area contributed by atoms with E-state index < -0.39 is 10.0 Å². The zero-order valence-electron chi connectivity index (χ0n) is 13.8. The number of benzene rings is 2. The quantitative estimate of drug-likeness (QED) is 0.732. The molecule has 0 radical (unpaired) electrons. The SMILES string of the molecule is Cc1ccc(S(=O)(=O)N2C/C(=C\[Se]c3ccccc3)C(C)C2)cc1. The topological polar surface area (TPSA) is 37.4 Å². The van der Waals surface area contributed by atoms with Crippen molar-refractivity contribution in [3.8, 4) is 0 Å². The van der Waals surface area contributed by atoms with Crippen molar-refractivity contribution in [2.24, 2.45) is 5.92 Å². The summed E-state index contributed by atoms with van der Waals surface area (Å²) >= 11 is 0.245. The van der Waals surface area contributed by atoms with Gasteiger partial charge in [-0.15, -0.1) is 0 Å². The van der Waals surface area contributed by atoms with E-state index in [9.17, 15) is 8.42 Å². The van der Waals surface area contributed by atoms with Crippen LogP contribution in [0.25, 0.3) is 0 Å². The van der Waals surface area contributed by atoms with Crippen LogP contribution in [0, 0.1) is 12.8 Å². The molecule has 0 amide bonds. The Bertz CT molecular complexity index is 829. The average molecular weight is 406 g/mol. The fourth-order valence-corrected chi connectivity index (χ4v) is 6.11. The van der Waals surface area contributed by atoms with Crippen molar-refractivity contribution in [3.05, 3.63) is 70.7 Å². The molecule has 1 fully saturated rings. The van der Waals surface area contributed by atoms with E-state index in [0.29, 0.717) is 18.0 Å². The number of aryl methyl sites for hydroxylation is 1. The Labute approximate surface area is 150 Å². The van der Waals surface area contributed by atoms with Crippen molar-refractivity contribution in [1.82, 2.24) is 4.31 Å². The Hall–Kier alpha value is -1.39. The van der Waals surface area contributed by atoms with E-state index in [0.717, 1.165) is 5.56 Å². The van der Waals surface area contributed by atoms with Crippen molar-refractivity contribution in [2.75, 3.05) is 13.1 Å². The summed E-state index contributed by atoms with van der Waals surface area (Å²) in [5.74, 6) is 0.274. The third-order valence-corrected chi connectivity index (χ3v) is 8.07. The molecule has 0 aromatic heterocycles. The van der Waals surface area contributed by atoms with Gasteiger partial charge in [0.05, 0.1) is 0 Å². The van der Waals surface area contributed by atoms with Gasteiger partial charge in [0.25, 0.3) is 0 Å². The molecule has 1 saturated heterocycles. The van der Waals surface area contributed by atoms with Gasteiger partial charge in [0, 0.05) is 0 Å². The molecule has 24 heavy (non-hydrogen) atoms. The van der Waals surface area contributed by atoms with Crippen LogP contribution >= 0.6 is 0 Å². The Kier molecular flexibility index (Phi) is 5.26. The van der Waals surface area contributed by atoms with E-state index in [2.05, 4.69) is 24.0 Å². The first-order chi connectivity index (χ1) is 11.5. The molecule has 1 aliphatic heterocycles. The molecule has 1 aliphatic rings. The molecule has 0 spiro atoms. The second kappa shape index (κ2) is 7.24. The number of hydrogen-bond acceptors (Lipinski definition) is 2. The monoisotopic (exact) mass is 407 g/mol. The van der Waals surface area contributed by atoms with Gasteiger partial charge < -0.3 is 0 Å². The third kappa shape index (κ3) is 3.81. The molecule has 0 bridgehead atoms. The maximum absolute atomic E-state index is 12.8. The van der Waals surface area contributed by atoms with Crippen LogP contribution in [0.1, 0.15) is 12.5 Å². The summed E-state index contributed by atoms with van der Waals surface area (Å²) in [6.07, 6.45) is 0. The summed E-state index contributed by atoms with van der Waals surface area (Å²) in [5, 5.41) is 0. The summed E-state index contributed by atoms with van der Waals surface area (Å²) in [6, 6.07) is 17.4. The van der Waals surface area contributed by atoms with E-state index in [4.69, 9.17) is 0 Å². The van der Waals surface area contributed by atoms with Gasteiger partial charge in [-0.1, -0.05) is 0 Å². The van der Waals surface area contributed by atoms with Crippen LogP contribution in [0.5, 0.6) is 0 Å². The van der Waals surface area contributed by atoms with Gasteiger partial charge in [0.2, 0.25) is 0 Å². The van der Waals surface area contributed by atoms with Gasteiger partial charge in [0.15, 0.2) is 0 Å². The molecule has 1 atom stereocenters. The van der Waals surface area contributed by atoms with Crippen molar-refractivity contribution in [3.63, 3.8) is 0 Å². The summed E-state index contributed by atoms with van der Waals surface area (Å²) < 4.78 is 28.5. The van der Waals surface area contributed by atoms with Gasteiger partial charge >= 0.3 is 151 Å². The molecule has 1 unspecified atom stereocenters. The molecule has 1 heterocycles. The normalized spacial score (nSPS) is 20.6. The summed E-state index contributed by atoms with van der Waals surface area (Å²) in [4.78, 5) is 2.63. The van der Waals surface area contributed by atoms with E-state index in [1.807, 2.05) is 37.3 Å². The van der Waals surface area contributed by atoms with Crippen LogP contribution in [0.2, 0.25) is 0 Å². The predicted molar refractivity (Wildman–Crippen MR) is 99.0 cm³/mol. The van der Waals surface area contributed by atoms with Crippen molar-refractivity contribution < 1.29 is 8.42 Å². The molecular weight excluding hydrogens is 385 g/mol. The molecule has 3 rings (SSSR count). The molecule has 3 nitrogen and oxygen atoms in total. The summed E-state index contributed by atoms with van der Waals surface area (Å²) in [5.41, 5.74) is 2.30. The van der Waals surface area contributed by atoms with Crippen molar-refractivity contribution >= 4 is 29.4 Å². The summed E-state index contributed by atoms with van der Waals surface area (Å²) in [6.45, 7) is 5.14. The molecule has 2 aromatic rings. The van der Waals surface area contributed by atoms with Gasteiger partial charge in [-0.25, -0.2) is 0 Å². The Balaban J connectivity index is 1.76. The number of rotatable bonds is 4. The molecular formula is C19H21NO2SSe. The predicted octanol–water partition coefficient (Wildman–Crippen LogP) is 2.55. The Morgan fingerprint density at radius 3 is 2.42 bits per heavy atom. The Morgan fingerprint density at radius 2 is 1.75 bits per heavy atom. The van der Waals surface area contributed by atoms with E-state index in [1.54, 1.807) is 16.4 Å². The van der Waals surface area contributed by atoms with Crippen molar-refractivity contribution in [2.45, 2.75) is 18.7 Å². The van der Waals surface area contributed by atoms with Gasteiger partial charge in [-0.2, -0.15) is 0 Å². The van der Waals surface area contributed by atoms with Crippen molar-refractivity contribution in [1.29, 1.82) is 0 Å². The minimum absolute atomic E-state index is 0.245. The fourth-order valence-electron chi connectivity index (χ4n) is 2.69. The van der Waals surface area contributed by atoms with E-state index in [1.165, 1.54) is 10.0 Å². The standard InChI is InChI=1S/C19H21NO2SSe/c1-15-8-10-18(11-9-15)23(21,22)20-12-16(2)17(13-20)14-24-19-6-4-3-5-7-19/h3-11,14,16H,12-13H2,1-2H3/b17-14+.